The summed E-state index contributed by atoms with van der Waals surface area (Å²) in [6.07, 6.45) is 2.34. The molecule has 1 aliphatic rings. The van der Waals surface area contributed by atoms with Crippen LogP contribution in [0.4, 0.5) is 0 Å². The molecule has 1 aromatic heterocycles. The van der Waals surface area contributed by atoms with Crippen molar-refractivity contribution in [2.24, 2.45) is 5.73 Å². The first-order valence-corrected chi connectivity index (χ1v) is 8.90. The molecule has 0 spiro atoms. The number of aliphatic hydroxyl groups is 1. The fraction of sp³-hybridized carbons (Fsp3) is 0.333. The first-order valence-electron chi connectivity index (χ1n) is 8.90. The van der Waals surface area contributed by atoms with Gasteiger partial charge in [-0.05, 0) is 68.5 Å². The van der Waals surface area contributed by atoms with Gasteiger partial charge in [0, 0.05) is 16.7 Å². The Morgan fingerprint density at radius 3 is 2.33 bits per heavy atom. The van der Waals surface area contributed by atoms with Crippen molar-refractivity contribution in [2.75, 3.05) is 6.61 Å². The van der Waals surface area contributed by atoms with Gasteiger partial charge in [0.05, 0.1) is 6.61 Å². The van der Waals surface area contributed by atoms with E-state index in [0.29, 0.717) is 18.2 Å². The van der Waals surface area contributed by atoms with Crippen molar-refractivity contribution in [2.45, 2.75) is 38.6 Å². The molecule has 3 aromatic rings. The van der Waals surface area contributed by atoms with Crippen LogP contribution in [-0.2, 0) is 12.8 Å². The Labute approximate surface area is 166 Å². The number of aliphatic hydroxyl groups excluding tert-OH is 1. The molecule has 0 bridgehead atoms. The zero-order valence-electron chi connectivity index (χ0n) is 15.6. The SMILES string of the molecule is Cc1cc(C)cc(-c2nnc(-c3ccc4c(c3)C[C@](N)(CO)CC4)o2)c1.S. The lowest BCUT2D eigenvalue weighted by atomic mass is 9.78. The summed E-state index contributed by atoms with van der Waals surface area (Å²) in [5, 5.41) is 18.0. The van der Waals surface area contributed by atoms with E-state index in [9.17, 15) is 5.11 Å². The van der Waals surface area contributed by atoms with E-state index in [1.165, 1.54) is 5.56 Å². The standard InChI is InChI=1S/C21H23N3O2.H2S/c1-13-7-14(2)9-17(8-13)20-24-23-19(26-20)16-4-3-15-5-6-21(22,12-25)11-18(15)10-16;/h3-4,7-10,25H,5-6,11-12,22H2,1-2H3;1H2/t21-;/m0./s1. The Balaban J connectivity index is 0.00000210. The second-order valence-electron chi connectivity index (χ2n) is 7.47. The molecule has 2 aromatic carbocycles. The Morgan fingerprint density at radius 2 is 1.67 bits per heavy atom. The highest BCUT2D eigenvalue weighted by Gasteiger charge is 2.30. The first kappa shape index (κ1) is 19.6. The van der Waals surface area contributed by atoms with E-state index in [2.05, 4.69) is 42.2 Å². The molecule has 1 atom stereocenters. The molecule has 0 fully saturated rings. The van der Waals surface area contributed by atoms with Crippen LogP contribution in [0.3, 0.4) is 0 Å². The highest BCUT2D eigenvalue weighted by atomic mass is 32.1. The predicted octanol–water partition coefficient (Wildman–Crippen LogP) is 3.31. The zero-order valence-corrected chi connectivity index (χ0v) is 16.6. The van der Waals surface area contributed by atoms with Gasteiger partial charge in [-0.15, -0.1) is 10.2 Å². The number of hydrogen-bond acceptors (Lipinski definition) is 5. The summed E-state index contributed by atoms with van der Waals surface area (Å²) < 4.78 is 5.93. The van der Waals surface area contributed by atoms with Crippen LogP contribution < -0.4 is 5.73 Å². The number of nitrogens with two attached hydrogens (primary N) is 1. The van der Waals surface area contributed by atoms with Gasteiger partial charge >= 0.3 is 0 Å². The van der Waals surface area contributed by atoms with Gasteiger partial charge in [-0.3, -0.25) is 0 Å². The summed E-state index contributed by atoms with van der Waals surface area (Å²) >= 11 is 0. The summed E-state index contributed by atoms with van der Waals surface area (Å²) in [4.78, 5) is 0. The van der Waals surface area contributed by atoms with Crippen LogP contribution in [0.15, 0.2) is 40.8 Å². The molecule has 0 saturated heterocycles. The lowest BCUT2D eigenvalue weighted by molar-refractivity contribution is 0.181. The van der Waals surface area contributed by atoms with Gasteiger partial charge in [0.1, 0.15) is 0 Å². The second-order valence-corrected chi connectivity index (χ2v) is 7.47. The van der Waals surface area contributed by atoms with Crippen molar-refractivity contribution < 1.29 is 9.52 Å². The Hall–Kier alpha value is -2.15. The first-order chi connectivity index (χ1) is 12.5. The normalized spacial score (nSPS) is 18.7. The number of rotatable bonds is 3. The number of aromatic nitrogens is 2. The summed E-state index contributed by atoms with van der Waals surface area (Å²) in [7, 11) is 0. The molecule has 1 heterocycles. The molecule has 0 unspecified atom stereocenters. The smallest absolute Gasteiger partial charge is 0.248 e. The zero-order chi connectivity index (χ0) is 18.3. The molecule has 142 valence electrons. The van der Waals surface area contributed by atoms with Gasteiger partial charge in [-0.2, -0.15) is 13.5 Å². The monoisotopic (exact) mass is 383 g/mol. The van der Waals surface area contributed by atoms with Gasteiger partial charge in [0.15, 0.2) is 0 Å². The third-order valence-electron chi connectivity index (χ3n) is 5.10. The van der Waals surface area contributed by atoms with Crippen LogP contribution in [0.1, 0.15) is 28.7 Å². The van der Waals surface area contributed by atoms with E-state index in [-0.39, 0.29) is 20.1 Å². The van der Waals surface area contributed by atoms with Gasteiger partial charge in [0.2, 0.25) is 11.8 Å². The molecule has 5 nitrogen and oxygen atoms in total. The highest BCUT2D eigenvalue weighted by molar-refractivity contribution is 7.59. The number of fused-ring (bicyclic) bond motifs is 1. The maximum Gasteiger partial charge on any atom is 0.248 e. The van der Waals surface area contributed by atoms with E-state index >= 15 is 0 Å². The lowest BCUT2D eigenvalue weighted by Gasteiger charge is -2.33. The minimum absolute atomic E-state index is 0. The largest absolute Gasteiger partial charge is 0.416 e. The van der Waals surface area contributed by atoms with Crippen LogP contribution >= 0.6 is 13.5 Å². The van der Waals surface area contributed by atoms with E-state index in [0.717, 1.165) is 40.7 Å². The number of nitrogens with zero attached hydrogens (tertiary/aromatic N) is 2. The third kappa shape index (κ3) is 3.93. The van der Waals surface area contributed by atoms with Crippen molar-refractivity contribution in [1.29, 1.82) is 0 Å². The van der Waals surface area contributed by atoms with Gasteiger partial charge in [-0.1, -0.05) is 23.3 Å². The van der Waals surface area contributed by atoms with Crippen molar-refractivity contribution in [3.8, 4) is 22.9 Å². The van der Waals surface area contributed by atoms with Crippen molar-refractivity contribution in [1.82, 2.24) is 10.2 Å². The van der Waals surface area contributed by atoms with Crippen LogP contribution in [0.25, 0.3) is 22.9 Å². The molecule has 0 aliphatic heterocycles. The fourth-order valence-electron chi connectivity index (χ4n) is 3.71. The van der Waals surface area contributed by atoms with Crippen LogP contribution in [0.2, 0.25) is 0 Å². The van der Waals surface area contributed by atoms with E-state index < -0.39 is 5.54 Å². The number of benzene rings is 2. The average Bonchev–Trinajstić information content (AvgIpc) is 3.10. The summed E-state index contributed by atoms with van der Waals surface area (Å²) in [6, 6.07) is 12.4. The maximum atomic E-state index is 9.57. The van der Waals surface area contributed by atoms with Crippen molar-refractivity contribution in [3.63, 3.8) is 0 Å². The molecule has 27 heavy (non-hydrogen) atoms. The molecule has 1 aliphatic carbocycles. The summed E-state index contributed by atoms with van der Waals surface area (Å²) in [6.45, 7) is 4.10. The topological polar surface area (TPSA) is 85.2 Å². The minimum Gasteiger partial charge on any atom is -0.416 e. The Kier molecular flexibility index (Phi) is 5.42. The fourth-order valence-corrected chi connectivity index (χ4v) is 3.71. The van der Waals surface area contributed by atoms with Crippen molar-refractivity contribution in [3.05, 3.63) is 58.7 Å². The number of hydrogen-bond donors (Lipinski definition) is 2. The third-order valence-corrected chi connectivity index (χ3v) is 5.10. The molecule has 0 saturated carbocycles. The molecule has 4 rings (SSSR count). The predicted molar refractivity (Wildman–Crippen MR) is 111 cm³/mol. The molecular weight excluding hydrogens is 358 g/mol. The molecular formula is C21H25N3O2S. The molecule has 0 amide bonds. The Morgan fingerprint density at radius 1 is 1.00 bits per heavy atom. The van der Waals surface area contributed by atoms with Crippen LogP contribution in [-0.4, -0.2) is 27.4 Å². The quantitative estimate of drug-likeness (QED) is 0.725. The molecule has 0 radical (unpaired) electrons. The average molecular weight is 384 g/mol. The van der Waals surface area contributed by atoms with E-state index in [1.807, 2.05) is 18.2 Å². The van der Waals surface area contributed by atoms with Crippen molar-refractivity contribution >= 4 is 13.5 Å². The highest BCUT2D eigenvalue weighted by Crippen LogP contribution is 2.31. The van der Waals surface area contributed by atoms with E-state index in [4.69, 9.17) is 10.2 Å². The summed E-state index contributed by atoms with van der Waals surface area (Å²) in [5.41, 5.74) is 12.3. The molecule has 3 N–H and O–H groups in total. The number of aryl methyl sites for hydroxylation is 3. The lowest BCUT2D eigenvalue weighted by Crippen LogP contribution is -2.48. The second kappa shape index (κ2) is 7.46. The van der Waals surface area contributed by atoms with Gasteiger partial charge in [0.25, 0.3) is 0 Å². The van der Waals surface area contributed by atoms with Crippen LogP contribution in [0, 0.1) is 13.8 Å². The Bertz CT molecular complexity index is 950. The van der Waals surface area contributed by atoms with E-state index in [1.54, 1.807) is 0 Å². The van der Waals surface area contributed by atoms with Gasteiger partial charge < -0.3 is 15.3 Å². The van der Waals surface area contributed by atoms with Crippen LogP contribution in [0.5, 0.6) is 0 Å². The maximum absolute atomic E-state index is 9.57. The minimum atomic E-state index is -0.537. The van der Waals surface area contributed by atoms with Gasteiger partial charge in [-0.25, -0.2) is 0 Å². The molecule has 6 heteroatoms. The summed E-state index contributed by atoms with van der Waals surface area (Å²) in [5.74, 6) is 1.02.